The van der Waals surface area contributed by atoms with Gasteiger partial charge < -0.3 is 10.0 Å². The lowest BCUT2D eigenvalue weighted by molar-refractivity contribution is -0.140. The van der Waals surface area contributed by atoms with Gasteiger partial charge in [0.25, 0.3) is 0 Å². The summed E-state index contributed by atoms with van der Waals surface area (Å²) in [6, 6.07) is 0. The molecule has 0 bridgehead atoms. The molecule has 17 heavy (non-hydrogen) atoms. The fourth-order valence-corrected chi connectivity index (χ4v) is 1.89. The van der Waals surface area contributed by atoms with Crippen LogP contribution in [0.4, 0.5) is 0 Å². The highest BCUT2D eigenvalue weighted by Crippen LogP contribution is 2.14. The summed E-state index contributed by atoms with van der Waals surface area (Å²) in [5, 5.41) is 8.68. The standard InChI is InChI=1S/C12H22N2O3/c1-9(2)10(3)12(17)14-6-4-13(5-7-14)8-11(15)16/h9-10H,4-8H2,1-3H3,(H,15,16). The van der Waals surface area contributed by atoms with Crippen LogP contribution in [0.2, 0.25) is 0 Å². The lowest BCUT2D eigenvalue weighted by atomic mass is 9.96. The quantitative estimate of drug-likeness (QED) is 0.780. The predicted octanol–water partition coefficient (Wildman–Crippen LogP) is 0.507. The van der Waals surface area contributed by atoms with E-state index in [9.17, 15) is 9.59 Å². The minimum absolute atomic E-state index is 0.0426. The summed E-state index contributed by atoms with van der Waals surface area (Å²) in [7, 11) is 0. The predicted molar refractivity (Wildman–Crippen MR) is 64.7 cm³/mol. The first-order valence-electron chi connectivity index (χ1n) is 6.14. The molecule has 1 fully saturated rings. The fourth-order valence-electron chi connectivity index (χ4n) is 1.89. The number of nitrogens with zero attached hydrogens (tertiary/aromatic N) is 2. The summed E-state index contributed by atoms with van der Waals surface area (Å²) in [4.78, 5) is 26.3. The molecule has 0 aromatic carbocycles. The minimum Gasteiger partial charge on any atom is -0.480 e. The van der Waals surface area contributed by atoms with E-state index in [0.29, 0.717) is 32.1 Å². The maximum Gasteiger partial charge on any atom is 0.317 e. The molecule has 0 aromatic heterocycles. The van der Waals surface area contributed by atoms with Crippen molar-refractivity contribution >= 4 is 11.9 Å². The summed E-state index contributed by atoms with van der Waals surface area (Å²) >= 11 is 0. The summed E-state index contributed by atoms with van der Waals surface area (Å²) in [5.41, 5.74) is 0. The van der Waals surface area contributed by atoms with Crippen molar-refractivity contribution in [2.45, 2.75) is 20.8 Å². The molecule has 1 aliphatic heterocycles. The van der Waals surface area contributed by atoms with Crippen molar-refractivity contribution in [3.05, 3.63) is 0 Å². The van der Waals surface area contributed by atoms with E-state index in [0.717, 1.165) is 0 Å². The second kappa shape index (κ2) is 6.00. The molecule has 0 radical (unpaired) electrons. The maximum absolute atomic E-state index is 12.1. The Balaban J connectivity index is 2.41. The van der Waals surface area contributed by atoms with Gasteiger partial charge in [0.15, 0.2) is 0 Å². The molecule has 98 valence electrons. The molecule has 0 aliphatic carbocycles. The number of amides is 1. The van der Waals surface area contributed by atoms with Crippen LogP contribution >= 0.6 is 0 Å². The number of piperazine rings is 1. The van der Waals surface area contributed by atoms with Gasteiger partial charge in [-0.05, 0) is 5.92 Å². The number of carboxylic acids is 1. The molecule has 1 saturated heterocycles. The van der Waals surface area contributed by atoms with E-state index in [1.165, 1.54) is 0 Å². The Morgan fingerprint density at radius 1 is 1.12 bits per heavy atom. The Labute approximate surface area is 102 Å². The highest BCUT2D eigenvalue weighted by molar-refractivity contribution is 5.78. The molecular formula is C12H22N2O3. The first-order valence-corrected chi connectivity index (χ1v) is 6.14. The van der Waals surface area contributed by atoms with E-state index in [2.05, 4.69) is 0 Å². The molecule has 1 heterocycles. The molecule has 0 spiro atoms. The zero-order chi connectivity index (χ0) is 13.0. The first kappa shape index (κ1) is 14.0. The van der Waals surface area contributed by atoms with Crippen LogP contribution < -0.4 is 0 Å². The molecular weight excluding hydrogens is 220 g/mol. The van der Waals surface area contributed by atoms with Crippen LogP contribution in [0, 0.1) is 11.8 Å². The van der Waals surface area contributed by atoms with Gasteiger partial charge in [0.2, 0.25) is 5.91 Å². The third-order valence-electron chi connectivity index (χ3n) is 3.43. The van der Waals surface area contributed by atoms with Gasteiger partial charge in [0.1, 0.15) is 0 Å². The molecule has 5 heteroatoms. The molecule has 1 amide bonds. The summed E-state index contributed by atoms with van der Waals surface area (Å²) in [5.74, 6) is -0.226. The monoisotopic (exact) mass is 242 g/mol. The third kappa shape index (κ3) is 4.00. The zero-order valence-corrected chi connectivity index (χ0v) is 10.8. The van der Waals surface area contributed by atoms with Crippen molar-refractivity contribution in [1.82, 2.24) is 9.80 Å². The number of rotatable bonds is 4. The molecule has 1 N–H and O–H groups in total. The molecule has 1 aliphatic rings. The Kier molecular flexibility index (Phi) is 4.93. The Hall–Kier alpha value is -1.10. The van der Waals surface area contributed by atoms with E-state index in [1.54, 1.807) is 0 Å². The van der Waals surface area contributed by atoms with Crippen LogP contribution in [0.5, 0.6) is 0 Å². The van der Waals surface area contributed by atoms with E-state index in [1.807, 2.05) is 30.6 Å². The number of aliphatic carboxylic acids is 1. The van der Waals surface area contributed by atoms with Crippen molar-refractivity contribution in [2.24, 2.45) is 11.8 Å². The fraction of sp³-hybridized carbons (Fsp3) is 0.833. The Bertz CT molecular complexity index is 283. The average Bonchev–Trinajstić information content (AvgIpc) is 2.27. The lowest BCUT2D eigenvalue weighted by Crippen LogP contribution is -2.51. The van der Waals surface area contributed by atoms with Gasteiger partial charge in [-0.15, -0.1) is 0 Å². The van der Waals surface area contributed by atoms with Crippen molar-refractivity contribution < 1.29 is 14.7 Å². The van der Waals surface area contributed by atoms with Crippen molar-refractivity contribution in [3.63, 3.8) is 0 Å². The molecule has 0 aromatic rings. The van der Waals surface area contributed by atoms with Crippen LogP contribution in [0.25, 0.3) is 0 Å². The highest BCUT2D eigenvalue weighted by Gasteiger charge is 2.26. The molecule has 1 unspecified atom stereocenters. The number of hydrogen-bond donors (Lipinski definition) is 1. The molecule has 1 atom stereocenters. The summed E-state index contributed by atoms with van der Waals surface area (Å²) < 4.78 is 0. The van der Waals surface area contributed by atoms with E-state index < -0.39 is 5.97 Å². The average molecular weight is 242 g/mol. The van der Waals surface area contributed by atoms with Gasteiger partial charge in [-0.3, -0.25) is 14.5 Å². The van der Waals surface area contributed by atoms with Crippen LogP contribution in [0.3, 0.4) is 0 Å². The van der Waals surface area contributed by atoms with Crippen LogP contribution in [0.1, 0.15) is 20.8 Å². The van der Waals surface area contributed by atoms with Gasteiger partial charge in [-0.25, -0.2) is 0 Å². The van der Waals surface area contributed by atoms with Gasteiger partial charge in [0, 0.05) is 32.1 Å². The van der Waals surface area contributed by atoms with Crippen molar-refractivity contribution in [3.8, 4) is 0 Å². The normalized spacial score (nSPS) is 19.4. The third-order valence-corrected chi connectivity index (χ3v) is 3.43. The van der Waals surface area contributed by atoms with E-state index >= 15 is 0 Å². The van der Waals surface area contributed by atoms with Crippen LogP contribution in [0.15, 0.2) is 0 Å². The van der Waals surface area contributed by atoms with Crippen LogP contribution in [-0.4, -0.2) is 59.5 Å². The molecule has 0 saturated carbocycles. The molecule has 5 nitrogen and oxygen atoms in total. The number of carbonyl (C=O) groups is 2. The lowest BCUT2D eigenvalue weighted by Gasteiger charge is -2.35. The van der Waals surface area contributed by atoms with Gasteiger partial charge in [-0.2, -0.15) is 0 Å². The highest BCUT2D eigenvalue weighted by atomic mass is 16.4. The number of carboxylic acid groups (broad SMARTS) is 1. The summed E-state index contributed by atoms with van der Waals surface area (Å²) in [6.45, 7) is 8.71. The SMILES string of the molecule is CC(C)C(C)C(=O)N1CCN(CC(=O)O)CC1. The maximum atomic E-state index is 12.1. The van der Waals surface area contributed by atoms with E-state index in [4.69, 9.17) is 5.11 Å². The van der Waals surface area contributed by atoms with E-state index in [-0.39, 0.29) is 18.4 Å². The second-order valence-electron chi connectivity index (χ2n) is 5.03. The minimum atomic E-state index is -0.805. The number of hydrogen-bond acceptors (Lipinski definition) is 3. The molecule has 1 rings (SSSR count). The van der Waals surface area contributed by atoms with Gasteiger partial charge >= 0.3 is 5.97 Å². The zero-order valence-electron chi connectivity index (χ0n) is 10.8. The smallest absolute Gasteiger partial charge is 0.317 e. The van der Waals surface area contributed by atoms with Gasteiger partial charge in [-0.1, -0.05) is 20.8 Å². The van der Waals surface area contributed by atoms with Gasteiger partial charge in [0.05, 0.1) is 6.54 Å². The first-order chi connectivity index (χ1) is 7.91. The summed E-state index contributed by atoms with van der Waals surface area (Å²) in [6.07, 6.45) is 0. The second-order valence-corrected chi connectivity index (χ2v) is 5.03. The largest absolute Gasteiger partial charge is 0.480 e. The topological polar surface area (TPSA) is 60.9 Å². The van der Waals surface area contributed by atoms with Crippen LogP contribution in [-0.2, 0) is 9.59 Å². The van der Waals surface area contributed by atoms with Crippen molar-refractivity contribution in [1.29, 1.82) is 0 Å². The van der Waals surface area contributed by atoms with Crippen molar-refractivity contribution in [2.75, 3.05) is 32.7 Å². The Morgan fingerprint density at radius 2 is 1.65 bits per heavy atom. The number of carbonyl (C=O) groups excluding carboxylic acids is 1. The Morgan fingerprint density at radius 3 is 2.06 bits per heavy atom.